The van der Waals surface area contributed by atoms with Crippen molar-refractivity contribution in [1.29, 1.82) is 0 Å². The van der Waals surface area contributed by atoms with Crippen molar-refractivity contribution in [3.8, 4) is 17.3 Å². The predicted molar refractivity (Wildman–Crippen MR) is 137 cm³/mol. The van der Waals surface area contributed by atoms with Crippen LogP contribution < -0.4 is 10.5 Å². The molecule has 9 nitrogen and oxygen atoms in total. The van der Waals surface area contributed by atoms with Gasteiger partial charge in [-0.15, -0.1) is 0 Å². The van der Waals surface area contributed by atoms with E-state index in [9.17, 15) is 19.8 Å². The first kappa shape index (κ1) is 23.4. The van der Waals surface area contributed by atoms with Gasteiger partial charge in [0.15, 0.2) is 11.3 Å². The summed E-state index contributed by atoms with van der Waals surface area (Å²) in [4.78, 5) is 35.7. The fourth-order valence-electron chi connectivity index (χ4n) is 4.95. The number of para-hydroxylation sites is 2. The zero-order valence-corrected chi connectivity index (χ0v) is 20.1. The van der Waals surface area contributed by atoms with E-state index >= 15 is 4.39 Å². The van der Waals surface area contributed by atoms with Gasteiger partial charge in [-0.05, 0) is 47.9 Å². The Bertz CT molecular complexity index is 1760. The Morgan fingerprint density at radius 2 is 1.82 bits per heavy atom. The van der Waals surface area contributed by atoms with Crippen molar-refractivity contribution in [2.24, 2.45) is 7.05 Å². The number of carboxylic acids is 1. The van der Waals surface area contributed by atoms with Crippen LogP contribution in [0.2, 0.25) is 0 Å². The maximum absolute atomic E-state index is 15.2. The molecule has 0 fully saturated rings. The first-order chi connectivity index (χ1) is 18.3. The van der Waals surface area contributed by atoms with Gasteiger partial charge in [0.1, 0.15) is 11.3 Å². The molecule has 3 aromatic carbocycles. The summed E-state index contributed by atoms with van der Waals surface area (Å²) in [6.45, 7) is 0.344. The molecule has 0 unspecified atom stereocenters. The molecule has 2 aromatic heterocycles. The topological polar surface area (TPSA) is 122 Å². The molecule has 1 aliphatic heterocycles. The standard InChI is InChI=1S/C28H21FN4O5/c1-32-26(35)24(34)22(25-30-20-8-4-5-9-21(20)38-25)31-28(32)33-13-12-15-10-11-16(27(36)37)14-18(15)23(33)17-6-2-3-7-19(17)29/h2-11,14,23,34H,12-13H2,1H3,(H,36,37)/t23-/m0/s1. The third-order valence-electron chi connectivity index (χ3n) is 6.82. The monoisotopic (exact) mass is 512 g/mol. The Morgan fingerprint density at radius 1 is 1.05 bits per heavy atom. The van der Waals surface area contributed by atoms with Gasteiger partial charge in [-0.1, -0.05) is 36.4 Å². The van der Waals surface area contributed by atoms with E-state index in [-0.39, 0.29) is 23.1 Å². The van der Waals surface area contributed by atoms with E-state index in [2.05, 4.69) is 9.97 Å². The predicted octanol–water partition coefficient (Wildman–Crippen LogP) is 4.28. The second-order valence-electron chi connectivity index (χ2n) is 9.05. The minimum Gasteiger partial charge on any atom is -0.501 e. The molecule has 0 aliphatic carbocycles. The number of rotatable bonds is 4. The van der Waals surface area contributed by atoms with Gasteiger partial charge in [0.2, 0.25) is 11.7 Å². The average Bonchev–Trinajstić information content (AvgIpc) is 3.35. The first-order valence-electron chi connectivity index (χ1n) is 11.9. The molecule has 0 radical (unpaired) electrons. The lowest BCUT2D eigenvalue weighted by Gasteiger charge is -2.39. The number of hydrogen-bond acceptors (Lipinski definition) is 7. The average molecular weight is 512 g/mol. The lowest BCUT2D eigenvalue weighted by atomic mass is 9.87. The number of carbonyl (C=O) groups is 1. The number of anilines is 1. The van der Waals surface area contributed by atoms with E-state index in [0.717, 1.165) is 5.56 Å². The molecule has 0 saturated carbocycles. The summed E-state index contributed by atoms with van der Waals surface area (Å²) < 4.78 is 22.2. The Morgan fingerprint density at radius 3 is 2.58 bits per heavy atom. The maximum atomic E-state index is 15.2. The maximum Gasteiger partial charge on any atom is 0.335 e. The quantitative estimate of drug-likeness (QED) is 0.366. The van der Waals surface area contributed by atoms with E-state index in [1.165, 1.54) is 29.8 Å². The van der Waals surface area contributed by atoms with Crippen LogP contribution in [0.1, 0.15) is 33.1 Å². The number of fused-ring (bicyclic) bond motifs is 2. The van der Waals surface area contributed by atoms with E-state index in [4.69, 9.17) is 4.42 Å². The number of nitrogens with zero attached hydrogens (tertiary/aromatic N) is 4. The van der Waals surface area contributed by atoms with Crippen molar-refractivity contribution in [2.45, 2.75) is 12.5 Å². The second kappa shape index (κ2) is 8.84. The Balaban J connectivity index is 1.58. The lowest BCUT2D eigenvalue weighted by Crippen LogP contribution is -2.40. The Kier molecular flexibility index (Phi) is 5.45. The lowest BCUT2D eigenvalue weighted by molar-refractivity contribution is 0.0696. The Labute approximate surface area is 215 Å². The van der Waals surface area contributed by atoms with Gasteiger partial charge in [-0.25, -0.2) is 19.2 Å². The molecule has 5 aromatic rings. The summed E-state index contributed by atoms with van der Waals surface area (Å²) >= 11 is 0. The van der Waals surface area contributed by atoms with Gasteiger partial charge < -0.3 is 19.5 Å². The summed E-state index contributed by atoms with van der Waals surface area (Å²) in [7, 11) is 1.46. The van der Waals surface area contributed by atoms with Crippen LogP contribution in [0.15, 0.2) is 75.9 Å². The molecule has 2 N–H and O–H groups in total. The van der Waals surface area contributed by atoms with Crippen LogP contribution in [0.4, 0.5) is 10.3 Å². The first-order valence-corrected chi connectivity index (χ1v) is 11.9. The van der Waals surface area contributed by atoms with Crippen LogP contribution in [0.5, 0.6) is 5.75 Å². The highest BCUT2D eigenvalue weighted by Gasteiger charge is 2.35. The Hall–Kier alpha value is -4.99. The SMILES string of the molecule is Cn1c(N2CCc3ccc(C(=O)O)cc3[C@@H]2c2ccccc2F)nc(-c2nc3ccccc3o2)c(O)c1=O. The van der Waals surface area contributed by atoms with Gasteiger partial charge in [0.05, 0.1) is 11.6 Å². The number of aromatic hydroxyl groups is 1. The number of halogens is 1. The highest BCUT2D eigenvalue weighted by molar-refractivity contribution is 5.88. The smallest absolute Gasteiger partial charge is 0.335 e. The normalized spacial score (nSPS) is 15.0. The largest absolute Gasteiger partial charge is 0.501 e. The molecule has 6 rings (SSSR count). The molecule has 1 aliphatic rings. The van der Waals surface area contributed by atoms with Crippen molar-refractivity contribution >= 4 is 23.0 Å². The van der Waals surface area contributed by atoms with Gasteiger partial charge in [-0.2, -0.15) is 0 Å². The highest BCUT2D eigenvalue weighted by atomic mass is 19.1. The summed E-state index contributed by atoms with van der Waals surface area (Å²) in [5.74, 6) is -2.11. The van der Waals surface area contributed by atoms with Crippen LogP contribution in [-0.4, -0.2) is 37.3 Å². The third-order valence-corrected chi connectivity index (χ3v) is 6.82. The molecule has 10 heteroatoms. The van der Waals surface area contributed by atoms with Crippen molar-refractivity contribution in [3.05, 3.63) is 105 Å². The number of carboxylic acid groups (broad SMARTS) is 1. The van der Waals surface area contributed by atoms with Crippen molar-refractivity contribution in [2.75, 3.05) is 11.4 Å². The minimum absolute atomic E-state index is 0.0318. The number of aromatic carboxylic acids is 1. The molecule has 0 saturated heterocycles. The number of aromatic nitrogens is 3. The molecule has 0 bridgehead atoms. The van der Waals surface area contributed by atoms with Gasteiger partial charge in [-0.3, -0.25) is 9.36 Å². The van der Waals surface area contributed by atoms with Crippen molar-refractivity contribution in [1.82, 2.24) is 14.5 Å². The molecule has 1 atom stereocenters. The number of oxazole rings is 1. The van der Waals surface area contributed by atoms with E-state index < -0.39 is 29.1 Å². The second-order valence-corrected chi connectivity index (χ2v) is 9.05. The van der Waals surface area contributed by atoms with Crippen LogP contribution in [0.25, 0.3) is 22.7 Å². The molecular weight excluding hydrogens is 491 g/mol. The van der Waals surface area contributed by atoms with Gasteiger partial charge >= 0.3 is 5.97 Å². The van der Waals surface area contributed by atoms with E-state index in [0.29, 0.717) is 35.2 Å². The molecular formula is C28H21FN4O5. The molecule has 0 spiro atoms. The number of benzene rings is 3. The van der Waals surface area contributed by atoms with Crippen LogP contribution in [0, 0.1) is 5.82 Å². The van der Waals surface area contributed by atoms with E-state index in [1.807, 2.05) is 0 Å². The van der Waals surface area contributed by atoms with Crippen LogP contribution in [0.3, 0.4) is 0 Å². The van der Waals surface area contributed by atoms with Crippen LogP contribution in [-0.2, 0) is 13.5 Å². The third kappa shape index (κ3) is 3.69. The molecule has 190 valence electrons. The molecule has 38 heavy (non-hydrogen) atoms. The summed E-state index contributed by atoms with van der Waals surface area (Å²) in [5, 5.41) is 20.3. The van der Waals surface area contributed by atoms with Gasteiger partial charge in [0.25, 0.3) is 11.4 Å². The van der Waals surface area contributed by atoms with Crippen molar-refractivity contribution in [3.63, 3.8) is 0 Å². The minimum atomic E-state index is -1.11. The van der Waals surface area contributed by atoms with Crippen molar-refractivity contribution < 1.29 is 23.8 Å². The molecule has 3 heterocycles. The summed E-state index contributed by atoms with van der Waals surface area (Å²) in [6, 6.07) is 17.2. The fraction of sp³-hybridized carbons (Fsp3) is 0.143. The van der Waals surface area contributed by atoms with Gasteiger partial charge in [0, 0.05) is 19.2 Å². The fourth-order valence-corrected chi connectivity index (χ4v) is 4.95. The zero-order valence-electron chi connectivity index (χ0n) is 20.1. The van der Waals surface area contributed by atoms with Crippen LogP contribution >= 0.6 is 0 Å². The van der Waals surface area contributed by atoms with E-state index in [1.54, 1.807) is 53.4 Å². The molecule has 0 amide bonds. The summed E-state index contributed by atoms with van der Waals surface area (Å²) in [6.07, 6.45) is 0.495. The highest BCUT2D eigenvalue weighted by Crippen LogP contribution is 2.40. The summed E-state index contributed by atoms with van der Waals surface area (Å²) in [5.41, 5.74) is 1.93. The number of hydrogen-bond donors (Lipinski definition) is 2. The zero-order chi connectivity index (χ0) is 26.6.